The second kappa shape index (κ2) is 6.43. The number of aromatic nitrogens is 2. The first kappa shape index (κ1) is 16.8. The summed E-state index contributed by atoms with van der Waals surface area (Å²) in [4.78, 5) is 11.1. The predicted molar refractivity (Wildman–Crippen MR) is 84.8 cm³/mol. The van der Waals surface area contributed by atoms with E-state index in [9.17, 15) is 18.0 Å². The Morgan fingerprint density at radius 1 is 1.12 bits per heavy atom. The number of hydrogen-bond donors (Lipinski definition) is 1. The van der Waals surface area contributed by atoms with E-state index in [1.54, 1.807) is 47.4 Å². The summed E-state index contributed by atoms with van der Waals surface area (Å²) in [5, 5.41) is 13.1. The van der Waals surface area contributed by atoms with Crippen molar-refractivity contribution < 1.29 is 23.1 Å². The highest BCUT2D eigenvalue weighted by Crippen LogP contribution is 2.33. The van der Waals surface area contributed by atoms with Gasteiger partial charge in [-0.05, 0) is 53.9 Å². The number of rotatable bonds is 4. The molecule has 0 bridgehead atoms. The number of hydrogen-bond acceptors (Lipinski definition) is 2. The van der Waals surface area contributed by atoms with Crippen molar-refractivity contribution in [1.82, 2.24) is 9.78 Å². The largest absolute Gasteiger partial charge is 0.478 e. The maximum absolute atomic E-state index is 13.2. The van der Waals surface area contributed by atoms with Gasteiger partial charge in [0.25, 0.3) is 0 Å². The summed E-state index contributed by atoms with van der Waals surface area (Å²) in [6.45, 7) is 0. The first-order valence-electron chi connectivity index (χ1n) is 7.37. The first-order chi connectivity index (χ1) is 11.8. The smallest absolute Gasteiger partial charge is 0.416 e. The van der Waals surface area contributed by atoms with Crippen LogP contribution in [-0.4, -0.2) is 20.9 Å². The number of halogens is 3. The van der Waals surface area contributed by atoms with E-state index >= 15 is 0 Å². The van der Waals surface area contributed by atoms with Gasteiger partial charge in [-0.25, -0.2) is 9.48 Å². The Balaban J connectivity index is 1.93. The molecule has 0 atom stereocenters. The van der Waals surface area contributed by atoms with Crippen molar-refractivity contribution in [3.8, 4) is 5.69 Å². The van der Waals surface area contributed by atoms with Gasteiger partial charge in [0.05, 0.1) is 16.8 Å². The maximum atomic E-state index is 13.2. The van der Waals surface area contributed by atoms with Gasteiger partial charge in [-0.2, -0.15) is 18.3 Å². The summed E-state index contributed by atoms with van der Waals surface area (Å²) < 4.78 is 41.2. The summed E-state index contributed by atoms with van der Waals surface area (Å²) in [6, 6.07) is 11.5. The van der Waals surface area contributed by atoms with Crippen molar-refractivity contribution in [2.24, 2.45) is 0 Å². The molecular formula is C18H13F3N2O2. The van der Waals surface area contributed by atoms with Crippen LogP contribution >= 0.6 is 0 Å². The van der Waals surface area contributed by atoms with Crippen LogP contribution in [0.4, 0.5) is 13.2 Å². The fourth-order valence-electron chi connectivity index (χ4n) is 2.56. The van der Waals surface area contributed by atoms with Gasteiger partial charge in [0.1, 0.15) is 0 Å². The lowest BCUT2D eigenvalue weighted by Crippen LogP contribution is -2.11. The molecule has 0 radical (unpaired) electrons. The molecule has 2 aromatic carbocycles. The zero-order valence-corrected chi connectivity index (χ0v) is 12.9. The number of carbonyl (C=O) groups is 1. The van der Waals surface area contributed by atoms with Crippen LogP contribution in [0, 0.1) is 0 Å². The summed E-state index contributed by atoms with van der Waals surface area (Å²) in [7, 11) is 0. The number of aromatic carboxylic acids is 1. The molecule has 0 fully saturated rings. The van der Waals surface area contributed by atoms with E-state index in [2.05, 4.69) is 5.10 Å². The quantitative estimate of drug-likeness (QED) is 0.771. The van der Waals surface area contributed by atoms with Gasteiger partial charge < -0.3 is 5.11 Å². The van der Waals surface area contributed by atoms with Crippen LogP contribution in [0.1, 0.15) is 27.0 Å². The average Bonchev–Trinajstić information content (AvgIpc) is 3.09. The Morgan fingerprint density at radius 2 is 1.84 bits per heavy atom. The maximum Gasteiger partial charge on any atom is 0.416 e. The third kappa shape index (κ3) is 3.71. The minimum Gasteiger partial charge on any atom is -0.478 e. The Labute approximate surface area is 141 Å². The van der Waals surface area contributed by atoms with Crippen molar-refractivity contribution in [1.29, 1.82) is 0 Å². The molecule has 0 unspecified atom stereocenters. The van der Waals surface area contributed by atoms with Gasteiger partial charge in [-0.15, -0.1) is 0 Å². The van der Waals surface area contributed by atoms with Crippen LogP contribution < -0.4 is 0 Å². The monoisotopic (exact) mass is 346 g/mol. The summed E-state index contributed by atoms with van der Waals surface area (Å²) in [5.41, 5.74) is 0.358. The topological polar surface area (TPSA) is 55.1 Å². The van der Waals surface area contributed by atoms with Crippen LogP contribution in [0.5, 0.6) is 0 Å². The molecule has 0 spiro atoms. The molecule has 0 aliphatic heterocycles. The number of benzene rings is 2. The van der Waals surface area contributed by atoms with Crippen LogP contribution in [0.2, 0.25) is 0 Å². The van der Waals surface area contributed by atoms with Gasteiger partial charge >= 0.3 is 12.1 Å². The van der Waals surface area contributed by atoms with Gasteiger partial charge in [0.2, 0.25) is 0 Å². The molecule has 1 N–H and O–H groups in total. The van der Waals surface area contributed by atoms with Gasteiger partial charge in [0.15, 0.2) is 0 Å². The van der Waals surface area contributed by atoms with Crippen LogP contribution in [0.3, 0.4) is 0 Å². The molecule has 0 aliphatic carbocycles. The lowest BCUT2D eigenvalue weighted by molar-refractivity contribution is -0.138. The van der Waals surface area contributed by atoms with E-state index < -0.39 is 17.7 Å². The second-order valence-corrected chi connectivity index (χ2v) is 5.47. The SMILES string of the molecule is O=C(O)c1ccc(C(F)(F)F)c(Cc2ccc(-n3cccn3)cc2)c1. The Kier molecular flexibility index (Phi) is 4.31. The highest BCUT2D eigenvalue weighted by atomic mass is 19.4. The summed E-state index contributed by atoms with van der Waals surface area (Å²) in [5.74, 6) is -1.26. The molecule has 25 heavy (non-hydrogen) atoms. The lowest BCUT2D eigenvalue weighted by Gasteiger charge is -2.14. The molecule has 3 rings (SSSR count). The van der Waals surface area contributed by atoms with Crippen molar-refractivity contribution in [2.45, 2.75) is 12.6 Å². The van der Waals surface area contributed by atoms with Crippen molar-refractivity contribution in [2.75, 3.05) is 0 Å². The Hall–Kier alpha value is -3.09. The minimum atomic E-state index is -4.54. The molecule has 3 aromatic rings. The zero-order valence-electron chi connectivity index (χ0n) is 12.9. The molecule has 1 heterocycles. The van der Waals surface area contributed by atoms with Crippen LogP contribution in [0.15, 0.2) is 60.9 Å². The van der Waals surface area contributed by atoms with E-state index in [-0.39, 0.29) is 17.5 Å². The third-order valence-corrected chi connectivity index (χ3v) is 3.76. The minimum absolute atomic E-state index is 0.0185. The van der Waals surface area contributed by atoms with Gasteiger partial charge in [-0.1, -0.05) is 12.1 Å². The standard InChI is InChI=1S/C18H13F3N2O2/c19-18(20,21)16-7-4-13(17(24)25)11-14(16)10-12-2-5-15(6-3-12)23-9-1-8-22-23/h1-9,11H,10H2,(H,24,25). The van der Waals surface area contributed by atoms with E-state index in [1.807, 2.05) is 0 Å². The van der Waals surface area contributed by atoms with Gasteiger partial charge in [0, 0.05) is 12.4 Å². The molecule has 128 valence electrons. The number of carboxylic acid groups (broad SMARTS) is 1. The van der Waals surface area contributed by atoms with Crippen LogP contribution in [0.25, 0.3) is 5.69 Å². The first-order valence-corrected chi connectivity index (χ1v) is 7.37. The molecular weight excluding hydrogens is 333 g/mol. The molecule has 0 aliphatic rings. The van der Waals surface area contributed by atoms with E-state index in [1.165, 1.54) is 0 Å². The number of alkyl halides is 3. The predicted octanol–water partition coefficient (Wildman–Crippen LogP) is 4.18. The number of nitrogens with zero attached hydrogens (tertiary/aromatic N) is 2. The highest BCUT2D eigenvalue weighted by Gasteiger charge is 2.33. The van der Waals surface area contributed by atoms with E-state index in [0.29, 0.717) is 5.56 Å². The summed E-state index contributed by atoms with van der Waals surface area (Å²) >= 11 is 0. The Morgan fingerprint density at radius 3 is 2.40 bits per heavy atom. The molecule has 1 aromatic heterocycles. The van der Waals surface area contributed by atoms with Crippen molar-refractivity contribution in [3.63, 3.8) is 0 Å². The van der Waals surface area contributed by atoms with Crippen molar-refractivity contribution >= 4 is 5.97 Å². The number of carboxylic acids is 1. The normalized spacial score (nSPS) is 11.5. The lowest BCUT2D eigenvalue weighted by atomic mass is 9.97. The zero-order chi connectivity index (χ0) is 18.0. The molecule has 0 saturated carbocycles. The van der Waals surface area contributed by atoms with E-state index in [4.69, 9.17) is 5.11 Å². The molecule has 4 nitrogen and oxygen atoms in total. The fourth-order valence-corrected chi connectivity index (χ4v) is 2.56. The second-order valence-electron chi connectivity index (χ2n) is 5.47. The fraction of sp³-hybridized carbons (Fsp3) is 0.111. The molecule has 7 heteroatoms. The highest BCUT2D eigenvalue weighted by molar-refractivity contribution is 5.88. The average molecular weight is 346 g/mol. The van der Waals surface area contributed by atoms with Crippen LogP contribution in [-0.2, 0) is 12.6 Å². The third-order valence-electron chi connectivity index (χ3n) is 3.76. The summed E-state index contributed by atoms with van der Waals surface area (Å²) in [6.07, 6.45) is -1.18. The molecule has 0 saturated heterocycles. The van der Waals surface area contributed by atoms with Crippen molar-refractivity contribution in [3.05, 3.63) is 83.2 Å². The van der Waals surface area contributed by atoms with E-state index in [0.717, 1.165) is 23.9 Å². The molecule has 0 amide bonds. The van der Waals surface area contributed by atoms with Gasteiger partial charge in [-0.3, -0.25) is 0 Å². The Bertz CT molecular complexity index is 886.